The second-order valence-corrected chi connectivity index (χ2v) is 6.78. The number of nitriles is 2. The zero-order chi connectivity index (χ0) is 19.3. The van der Waals surface area contributed by atoms with Crippen molar-refractivity contribution in [2.24, 2.45) is 0 Å². The van der Waals surface area contributed by atoms with Crippen LogP contribution in [0.3, 0.4) is 0 Å². The number of fused-ring (bicyclic) bond motifs is 4. The lowest BCUT2D eigenvalue weighted by atomic mass is 9.76. The average Bonchev–Trinajstić information content (AvgIpc) is 3.21. The van der Waals surface area contributed by atoms with Crippen LogP contribution in [-0.4, -0.2) is 24.8 Å². The van der Waals surface area contributed by atoms with Crippen molar-refractivity contribution in [1.29, 1.82) is 10.5 Å². The molecule has 0 aromatic heterocycles. The highest BCUT2D eigenvalue weighted by molar-refractivity contribution is 5.98. The van der Waals surface area contributed by atoms with Gasteiger partial charge in [0.05, 0.1) is 16.5 Å². The lowest BCUT2D eigenvalue weighted by Crippen LogP contribution is -2.31. The van der Waals surface area contributed by atoms with Crippen molar-refractivity contribution in [2.75, 3.05) is 13.2 Å². The largest absolute Gasteiger partial charge is 0.492 e. The molecule has 0 aliphatic carbocycles. The molecule has 0 N–H and O–H groups in total. The summed E-state index contributed by atoms with van der Waals surface area (Å²) in [4.78, 5) is 24.0. The van der Waals surface area contributed by atoms with Crippen LogP contribution in [0.15, 0.2) is 24.3 Å². The molecule has 2 aromatic rings. The molecule has 27 heavy (non-hydrogen) atoms. The van der Waals surface area contributed by atoms with Gasteiger partial charge in [0.15, 0.2) is 11.6 Å². The molecule has 2 aliphatic heterocycles. The molecule has 2 heterocycles. The van der Waals surface area contributed by atoms with Crippen LogP contribution in [0.1, 0.15) is 56.8 Å². The van der Waals surface area contributed by atoms with Gasteiger partial charge in [-0.15, -0.1) is 0 Å². The summed E-state index contributed by atoms with van der Waals surface area (Å²) >= 11 is 0. The van der Waals surface area contributed by atoms with E-state index in [1.54, 1.807) is 24.3 Å². The second kappa shape index (κ2) is 5.69. The molecule has 0 unspecified atom stereocenters. The first-order valence-electron chi connectivity index (χ1n) is 8.36. The SMILES string of the molecule is CC(=O)c1cc2c(cc1C#N)OCC21COc2cc(C#N)c(C(C)=O)cc21. The van der Waals surface area contributed by atoms with Crippen molar-refractivity contribution >= 4 is 11.6 Å². The molecule has 0 saturated heterocycles. The zero-order valence-electron chi connectivity index (χ0n) is 14.8. The first kappa shape index (κ1) is 16.8. The molecular weight excluding hydrogens is 344 g/mol. The molecule has 1 spiro atoms. The number of hydrogen-bond donors (Lipinski definition) is 0. The third-order valence-corrected chi connectivity index (χ3v) is 5.22. The van der Waals surface area contributed by atoms with Crippen LogP contribution in [-0.2, 0) is 5.41 Å². The van der Waals surface area contributed by atoms with Crippen LogP contribution in [0.4, 0.5) is 0 Å². The Morgan fingerprint density at radius 3 is 1.59 bits per heavy atom. The Balaban J connectivity index is 1.97. The third kappa shape index (κ3) is 2.24. The maximum Gasteiger partial charge on any atom is 0.161 e. The molecule has 4 rings (SSSR count). The summed E-state index contributed by atoms with van der Waals surface area (Å²) in [5.74, 6) is 0.642. The fraction of sp³-hybridized carbons (Fsp3) is 0.238. The van der Waals surface area contributed by atoms with Gasteiger partial charge in [-0.25, -0.2) is 0 Å². The molecule has 6 nitrogen and oxygen atoms in total. The van der Waals surface area contributed by atoms with E-state index in [1.165, 1.54) is 13.8 Å². The maximum atomic E-state index is 12.0. The summed E-state index contributed by atoms with van der Waals surface area (Å²) in [5.41, 5.74) is 2.02. The number of hydrogen-bond acceptors (Lipinski definition) is 6. The third-order valence-electron chi connectivity index (χ3n) is 5.22. The summed E-state index contributed by atoms with van der Waals surface area (Å²) < 4.78 is 11.7. The molecule has 132 valence electrons. The van der Waals surface area contributed by atoms with E-state index in [2.05, 4.69) is 0 Å². The second-order valence-electron chi connectivity index (χ2n) is 6.78. The van der Waals surface area contributed by atoms with Gasteiger partial charge in [-0.3, -0.25) is 9.59 Å². The van der Waals surface area contributed by atoms with Crippen molar-refractivity contribution < 1.29 is 19.1 Å². The Bertz CT molecular complexity index is 1030. The first-order chi connectivity index (χ1) is 12.9. The Labute approximate surface area is 155 Å². The van der Waals surface area contributed by atoms with Gasteiger partial charge in [-0.05, 0) is 38.1 Å². The highest BCUT2D eigenvalue weighted by atomic mass is 16.5. The number of carbonyl (C=O) groups excluding carboxylic acids is 2. The summed E-state index contributed by atoms with van der Waals surface area (Å²) in [6.45, 7) is 3.37. The highest BCUT2D eigenvalue weighted by Gasteiger charge is 2.49. The van der Waals surface area contributed by atoms with E-state index >= 15 is 0 Å². The molecule has 0 radical (unpaired) electrons. The predicted octanol–water partition coefficient (Wildman–Crippen LogP) is 2.91. The van der Waals surface area contributed by atoms with Crippen LogP contribution in [0.5, 0.6) is 11.5 Å². The molecule has 2 aliphatic rings. The van der Waals surface area contributed by atoms with Crippen LogP contribution >= 0.6 is 0 Å². The van der Waals surface area contributed by atoms with Crippen molar-refractivity contribution in [2.45, 2.75) is 19.3 Å². The molecule has 0 saturated carbocycles. The predicted molar refractivity (Wildman–Crippen MR) is 94.1 cm³/mol. The summed E-state index contributed by atoms with van der Waals surface area (Å²) in [7, 11) is 0. The Morgan fingerprint density at radius 2 is 1.26 bits per heavy atom. The minimum absolute atomic E-state index is 0.209. The Kier molecular flexibility index (Phi) is 3.54. The van der Waals surface area contributed by atoms with Gasteiger partial charge in [0, 0.05) is 22.3 Å². The van der Waals surface area contributed by atoms with E-state index in [1.807, 2.05) is 12.1 Å². The van der Waals surface area contributed by atoms with Crippen LogP contribution < -0.4 is 9.47 Å². The monoisotopic (exact) mass is 358 g/mol. The summed E-state index contributed by atoms with van der Waals surface area (Å²) in [5, 5.41) is 18.6. The Morgan fingerprint density at radius 1 is 0.852 bits per heavy atom. The van der Waals surface area contributed by atoms with Gasteiger partial charge in [0.25, 0.3) is 0 Å². The number of ether oxygens (including phenoxy) is 2. The number of ketones is 2. The molecule has 2 aromatic carbocycles. The number of nitrogens with zero attached hydrogens (tertiary/aromatic N) is 2. The fourth-order valence-electron chi connectivity index (χ4n) is 3.81. The maximum absolute atomic E-state index is 12.0. The molecular formula is C21H14N2O4. The van der Waals surface area contributed by atoms with Crippen LogP contribution in [0.25, 0.3) is 0 Å². The number of rotatable bonds is 2. The van der Waals surface area contributed by atoms with Crippen molar-refractivity contribution in [1.82, 2.24) is 0 Å². The zero-order valence-corrected chi connectivity index (χ0v) is 14.8. The molecule has 0 atom stereocenters. The highest BCUT2D eigenvalue weighted by Crippen LogP contribution is 2.51. The molecule has 6 heteroatoms. The Hall–Kier alpha value is -3.64. The van der Waals surface area contributed by atoms with Crippen LogP contribution in [0, 0.1) is 22.7 Å². The first-order valence-corrected chi connectivity index (χ1v) is 8.36. The van der Waals surface area contributed by atoms with Gasteiger partial charge in [-0.2, -0.15) is 10.5 Å². The lowest BCUT2D eigenvalue weighted by molar-refractivity contribution is 0.100. The van der Waals surface area contributed by atoms with Crippen molar-refractivity contribution in [3.8, 4) is 23.6 Å². The number of carbonyl (C=O) groups is 2. The quantitative estimate of drug-likeness (QED) is 0.765. The van der Waals surface area contributed by atoms with E-state index < -0.39 is 5.41 Å². The topological polar surface area (TPSA) is 100 Å². The van der Waals surface area contributed by atoms with Crippen molar-refractivity contribution in [3.63, 3.8) is 0 Å². The van der Waals surface area contributed by atoms with E-state index in [-0.39, 0.29) is 35.9 Å². The molecule has 0 bridgehead atoms. The van der Waals surface area contributed by atoms with Gasteiger partial charge in [0.2, 0.25) is 0 Å². The van der Waals surface area contributed by atoms with E-state index in [9.17, 15) is 20.1 Å². The van der Waals surface area contributed by atoms with Gasteiger partial charge in [-0.1, -0.05) is 0 Å². The number of benzene rings is 2. The van der Waals surface area contributed by atoms with E-state index in [0.29, 0.717) is 22.6 Å². The molecule has 0 amide bonds. The normalized spacial score (nSPS) is 15.1. The summed E-state index contributed by atoms with van der Waals surface area (Å²) in [6, 6.07) is 10.6. The van der Waals surface area contributed by atoms with Crippen molar-refractivity contribution in [3.05, 3.63) is 57.6 Å². The van der Waals surface area contributed by atoms with E-state index in [0.717, 1.165) is 11.1 Å². The lowest BCUT2D eigenvalue weighted by Gasteiger charge is -2.21. The van der Waals surface area contributed by atoms with E-state index in [4.69, 9.17) is 9.47 Å². The molecule has 0 fully saturated rings. The minimum atomic E-state index is -0.680. The van der Waals surface area contributed by atoms with Gasteiger partial charge in [0.1, 0.15) is 36.9 Å². The summed E-state index contributed by atoms with van der Waals surface area (Å²) in [6.07, 6.45) is 0. The smallest absolute Gasteiger partial charge is 0.161 e. The fourth-order valence-corrected chi connectivity index (χ4v) is 3.81. The minimum Gasteiger partial charge on any atom is -0.492 e. The number of Topliss-reactive ketones (excluding diaryl/α,β-unsaturated/α-hetero) is 2. The average molecular weight is 358 g/mol. The van der Waals surface area contributed by atoms with Crippen LogP contribution in [0.2, 0.25) is 0 Å². The van der Waals surface area contributed by atoms with Gasteiger partial charge >= 0.3 is 0 Å². The standard InChI is InChI=1S/C21H14N2O4/c1-11(24)15-5-17-19(3-13(15)7-22)26-9-21(17)10-27-20-4-14(8-23)16(12(2)25)6-18(20)21/h3-6H,9-10H2,1-2H3. The van der Waals surface area contributed by atoms with Gasteiger partial charge < -0.3 is 9.47 Å².